The molecular weight excluding hydrogens is 224 g/mol. The van der Waals surface area contributed by atoms with Crippen LogP contribution in [-0.2, 0) is 4.74 Å². The second-order valence-corrected chi connectivity index (χ2v) is 6.29. The quantitative estimate of drug-likeness (QED) is 0.791. The van der Waals surface area contributed by atoms with E-state index < -0.39 is 0 Å². The van der Waals surface area contributed by atoms with Crippen LogP contribution in [0.5, 0.6) is 0 Å². The van der Waals surface area contributed by atoms with Gasteiger partial charge in [-0.3, -0.25) is 4.90 Å². The largest absolute Gasteiger partial charge is 0.379 e. The van der Waals surface area contributed by atoms with E-state index in [0.29, 0.717) is 12.1 Å². The first kappa shape index (κ1) is 15.9. The van der Waals surface area contributed by atoms with E-state index in [2.05, 4.69) is 37.9 Å². The molecule has 1 rings (SSSR count). The minimum Gasteiger partial charge on any atom is -0.379 e. The van der Waals surface area contributed by atoms with Gasteiger partial charge in [-0.15, -0.1) is 0 Å². The molecule has 0 aromatic heterocycles. The molecule has 1 aliphatic heterocycles. The first-order chi connectivity index (χ1) is 8.48. The van der Waals surface area contributed by atoms with Gasteiger partial charge in [0, 0.05) is 32.3 Å². The Labute approximate surface area is 113 Å². The van der Waals surface area contributed by atoms with Gasteiger partial charge in [-0.2, -0.15) is 0 Å². The van der Waals surface area contributed by atoms with E-state index in [-0.39, 0.29) is 5.60 Å². The molecule has 0 spiro atoms. The highest BCUT2D eigenvalue weighted by Crippen LogP contribution is 2.17. The second-order valence-electron chi connectivity index (χ2n) is 6.29. The van der Waals surface area contributed by atoms with Crippen molar-refractivity contribution < 1.29 is 4.74 Å². The van der Waals surface area contributed by atoms with Crippen LogP contribution in [0.4, 0.5) is 0 Å². The van der Waals surface area contributed by atoms with Crippen LogP contribution in [0.2, 0.25) is 0 Å². The summed E-state index contributed by atoms with van der Waals surface area (Å²) in [5.74, 6) is 0. The summed E-state index contributed by atoms with van der Waals surface area (Å²) in [4.78, 5) is 2.64. The molecule has 1 saturated heterocycles. The summed E-state index contributed by atoms with van der Waals surface area (Å²) in [5, 5.41) is 3.68. The summed E-state index contributed by atoms with van der Waals surface area (Å²) in [5.41, 5.74) is -0.000292. The third-order valence-corrected chi connectivity index (χ3v) is 4.26. The van der Waals surface area contributed by atoms with Crippen LogP contribution in [0, 0.1) is 0 Å². The van der Waals surface area contributed by atoms with Crippen molar-refractivity contribution in [2.24, 2.45) is 0 Å². The van der Waals surface area contributed by atoms with Crippen LogP contribution in [-0.4, -0.2) is 49.3 Å². The predicted octanol–water partition coefficient (Wildman–Crippen LogP) is 2.65. The maximum absolute atomic E-state index is 5.53. The van der Waals surface area contributed by atoms with Crippen LogP contribution in [0.25, 0.3) is 0 Å². The molecule has 0 radical (unpaired) electrons. The van der Waals surface area contributed by atoms with Gasteiger partial charge in [-0.05, 0) is 46.6 Å². The smallest absolute Gasteiger partial charge is 0.0634 e. The van der Waals surface area contributed by atoms with Crippen LogP contribution in [0.1, 0.15) is 53.4 Å². The van der Waals surface area contributed by atoms with E-state index >= 15 is 0 Å². The lowest BCUT2D eigenvalue weighted by molar-refractivity contribution is 0.00427. The van der Waals surface area contributed by atoms with Crippen molar-refractivity contribution in [3.8, 4) is 0 Å². The minimum absolute atomic E-state index is 0.000292. The number of nitrogens with one attached hydrogen (secondary N) is 1. The van der Waals surface area contributed by atoms with Gasteiger partial charge in [0.05, 0.1) is 5.60 Å². The van der Waals surface area contributed by atoms with E-state index in [1.54, 1.807) is 0 Å². The highest BCUT2D eigenvalue weighted by Gasteiger charge is 2.24. The van der Waals surface area contributed by atoms with Crippen molar-refractivity contribution in [2.75, 3.05) is 26.7 Å². The van der Waals surface area contributed by atoms with Crippen molar-refractivity contribution in [3.05, 3.63) is 0 Å². The SMILES string of the molecule is CCCC1CN(CCC(C)(C)OC)C(C)CCN1. The Kier molecular flexibility index (Phi) is 6.61. The lowest BCUT2D eigenvalue weighted by Gasteiger charge is -2.32. The number of ether oxygens (including phenoxy) is 1. The zero-order valence-corrected chi connectivity index (χ0v) is 13.0. The van der Waals surface area contributed by atoms with Gasteiger partial charge < -0.3 is 10.1 Å². The molecule has 1 aliphatic rings. The van der Waals surface area contributed by atoms with Gasteiger partial charge in [0.15, 0.2) is 0 Å². The molecule has 1 fully saturated rings. The Morgan fingerprint density at radius 2 is 2.11 bits per heavy atom. The van der Waals surface area contributed by atoms with Crippen molar-refractivity contribution in [1.82, 2.24) is 10.2 Å². The first-order valence-corrected chi connectivity index (χ1v) is 7.51. The van der Waals surface area contributed by atoms with Gasteiger partial charge in [-0.1, -0.05) is 13.3 Å². The van der Waals surface area contributed by atoms with E-state index in [1.807, 2.05) is 7.11 Å². The summed E-state index contributed by atoms with van der Waals surface area (Å²) >= 11 is 0. The third kappa shape index (κ3) is 5.25. The Bertz CT molecular complexity index is 231. The molecule has 0 aromatic rings. The van der Waals surface area contributed by atoms with Crippen LogP contribution < -0.4 is 5.32 Å². The highest BCUT2D eigenvalue weighted by molar-refractivity contribution is 4.82. The molecule has 1 N–H and O–H groups in total. The summed E-state index contributed by atoms with van der Waals surface area (Å²) in [6, 6.07) is 1.36. The van der Waals surface area contributed by atoms with Crippen molar-refractivity contribution in [1.29, 1.82) is 0 Å². The zero-order chi connectivity index (χ0) is 13.6. The monoisotopic (exact) mass is 256 g/mol. The van der Waals surface area contributed by atoms with Crippen LogP contribution in [0.15, 0.2) is 0 Å². The third-order valence-electron chi connectivity index (χ3n) is 4.26. The molecule has 108 valence electrons. The normalized spacial score (nSPS) is 27.2. The summed E-state index contributed by atoms with van der Waals surface area (Å²) in [6.07, 6.45) is 4.92. The fourth-order valence-electron chi connectivity index (χ4n) is 2.57. The highest BCUT2D eigenvalue weighted by atomic mass is 16.5. The topological polar surface area (TPSA) is 24.5 Å². The number of hydrogen-bond donors (Lipinski definition) is 1. The molecule has 2 atom stereocenters. The van der Waals surface area contributed by atoms with Crippen molar-refractivity contribution >= 4 is 0 Å². The van der Waals surface area contributed by atoms with E-state index in [4.69, 9.17) is 4.74 Å². The molecule has 0 saturated carbocycles. The Balaban J connectivity index is 2.49. The maximum Gasteiger partial charge on any atom is 0.0634 e. The predicted molar refractivity (Wildman–Crippen MR) is 78.1 cm³/mol. The first-order valence-electron chi connectivity index (χ1n) is 7.51. The molecule has 0 aliphatic carbocycles. The van der Waals surface area contributed by atoms with Gasteiger partial charge in [0.1, 0.15) is 0 Å². The minimum atomic E-state index is -0.000292. The number of nitrogens with zero attached hydrogens (tertiary/aromatic N) is 1. The summed E-state index contributed by atoms with van der Waals surface area (Å²) < 4.78 is 5.53. The molecule has 0 aromatic carbocycles. The second kappa shape index (κ2) is 7.46. The van der Waals surface area contributed by atoms with E-state index in [1.165, 1.54) is 25.8 Å². The molecule has 0 bridgehead atoms. The fraction of sp³-hybridized carbons (Fsp3) is 1.00. The van der Waals surface area contributed by atoms with Crippen LogP contribution >= 0.6 is 0 Å². The average molecular weight is 256 g/mol. The fourth-order valence-corrected chi connectivity index (χ4v) is 2.57. The number of rotatable bonds is 6. The molecule has 3 heteroatoms. The van der Waals surface area contributed by atoms with Crippen molar-refractivity contribution in [3.63, 3.8) is 0 Å². The van der Waals surface area contributed by atoms with E-state index in [0.717, 1.165) is 19.5 Å². The number of methoxy groups -OCH3 is 1. The molecule has 3 nitrogen and oxygen atoms in total. The van der Waals surface area contributed by atoms with Gasteiger partial charge >= 0.3 is 0 Å². The Morgan fingerprint density at radius 3 is 2.72 bits per heavy atom. The lowest BCUT2D eigenvalue weighted by atomic mass is 10.0. The van der Waals surface area contributed by atoms with E-state index in [9.17, 15) is 0 Å². The molecule has 18 heavy (non-hydrogen) atoms. The Hall–Kier alpha value is -0.120. The van der Waals surface area contributed by atoms with Gasteiger partial charge in [0.25, 0.3) is 0 Å². The number of hydrogen-bond acceptors (Lipinski definition) is 3. The summed E-state index contributed by atoms with van der Waals surface area (Å²) in [6.45, 7) is 12.5. The summed E-state index contributed by atoms with van der Waals surface area (Å²) in [7, 11) is 1.81. The Morgan fingerprint density at radius 1 is 1.39 bits per heavy atom. The lowest BCUT2D eigenvalue weighted by Crippen LogP contribution is -2.42. The molecule has 1 heterocycles. The van der Waals surface area contributed by atoms with Crippen LogP contribution in [0.3, 0.4) is 0 Å². The average Bonchev–Trinajstić information content (AvgIpc) is 2.50. The van der Waals surface area contributed by atoms with Crippen molar-refractivity contribution in [2.45, 2.75) is 71.1 Å². The van der Waals surface area contributed by atoms with Gasteiger partial charge in [0.2, 0.25) is 0 Å². The van der Waals surface area contributed by atoms with Gasteiger partial charge in [-0.25, -0.2) is 0 Å². The standard InChI is InChI=1S/C15H32N2O/c1-6-7-14-12-17(13(2)8-10-16-14)11-9-15(3,4)18-5/h13-14,16H,6-12H2,1-5H3. The zero-order valence-electron chi connectivity index (χ0n) is 13.0. The molecule has 2 unspecified atom stereocenters. The molecular formula is C15H32N2O. The molecule has 0 amide bonds. The maximum atomic E-state index is 5.53.